The van der Waals surface area contributed by atoms with Gasteiger partial charge in [-0.15, -0.1) is 0 Å². The van der Waals surface area contributed by atoms with Crippen LogP contribution < -0.4 is 5.32 Å². The van der Waals surface area contributed by atoms with E-state index in [9.17, 15) is 9.18 Å². The molecule has 25 heavy (non-hydrogen) atoms. The number of pyridine rings is 1. The molecule has 2 heterocycles. The number of amides is 1. The standard InChI is InChI=1S/C19H22FN3O2/c20-17-3-1-15(2-4-17)13-23(14-16-5-7-21-8-6-16)19(24)11-18-12-22-9-10-25-18/h1-8,18,22H,9-14H2/t18-/m0/s1. The Morgan fingerprint density at radius 3 is 2.48 bits per heavy atom. The Bertz CT molecular complexity index is 673. The molecule has 0 spiro atoms. The summed E-state index contributed by atoms with van der Waals surface area (Å²) in [5.41, 5.74) is 1.90. The first kappa shape index (κ1) is 17.5. The SMILES string of the molecule is O=C(C[C@H]1CNCCO1)N(Cc1ccncc1)Cc1ccc(F)cc1. The van der Waals surface area contributed by atoms with E-state index in [1.165, 1.54) is 12.1 Å². The Morgan fingerprint density at radius 1 is 1.16 bits per heavy atom. The lowest BCUT2D eigenvalue weighted by Gasteiger charge is -2.28. The number of morpholine rings is 1. The van der Waals surface area contributed by atoms with Gasteiger partial charge in [0.1, 0.15) is 5.82 Å². The third kappa shape index (κ3) is 5.34. The molecule has 2 aromatic rings. The molecule has 1 saturated heterocycles. The van der Waals surface area contributed by atoms with Gasteiger partial charge in [-0.05, 0) is 35.4 Å². The Hall–Kier alpha value is -2.31. The van der Waals surface area contributed by atoms with Crippen LogP contribution in [-0.2, 0) is 22.6 Å². The number of nitrogens with zero attached hydrogens (tertiary/aromatic N) is 2. The number of rotatable bonds is 6. The van der Waals surface area contributed by atoms with Crippen LogP contribution in [-0.4, -0.2) is 41.6 Å². The van der Waals surface area contributed by atoms with Crippen molar-refractivity contribution in [1.29, 1.82) is 0 Å². The van der Waals surface area contributed by atoms with Gasteiger partial charge in [0, 0.05) is 38.6 Å². The molecule has 1 atom stereocenters. The number of carbonyl (C=O) groups excluding carboxylic acids is 1. The zero-order chi connectivity index (χ0) is 17.5. The quantitative estimate of drug-likeness (QED) is 0.873. The smallest absolute Gasteiger partial charge is 0.225 e. The van der Waals surface area contributed by atoms with Crippen LogP contribution in [0.1, 0.15) is 17.5 Å². The van der Waals surface area contributed by atoms with E-state index in [4.69, 9.17) is 4.74 Å². The molecule has 1 aliphatic rings. The minimum absolute atomic E-state index is 0.0230. The van der Waals surface area contributed by atoms with Gasteiger partial charge in [-0.3, -0.25) is 9.78 Å². The van der Waals surface area contributed by atoms with Gasteiger partial charge in [0.15, 0.2) is 0 Å². The Kier molecular flexibility index (Phi) is 6.09. The van der Waals surface area contributed by atoms with Crippen LogP contribution in [0.3, 0.4) is 0 Å². The fourth-order valence-electron chi connectivity index (χ4n) is 2.83. The summed E-state index contributed by atoms with van der Waals surface area (Å²) in [6.07, 6.45) is 3.65. The molecule has 132 valence electrons. The van der Waals surface area contributed by atoms with Crippen LogP contribution in [0, 0.1) is 5.82 Å². The number of halogens is 1. The first-order valence-corrected chi connectivity index (χ1v) is 8.44. The average Bonchev–Trinajstić information content (AvgIpc) is 2.64. The molecular weight excluding hydrogens is 321 g/mol. The molecule has 1 N–H and O–H groups in total. The maximum absolute atomic E-state index is 13.1. The maximum Gasteiger partial charge on any atom is 0.225 e. The van der Waals surface area contributed by atoms with Crippen molar-refractivity contribution in [1.82, 2.24) is 15.2 Å². The monoisotopic (exact) mass is 343 g/mol. The van der Waals surface area contributed by atoms with E-state index in [0.29, 0.717) is 32.7 Å². The van der Waals surface area contributed by atoms with Gasteiger partial charge in [-0.25, -0.2) is 4.39 Å². The lowest BCUT2D eigenvalue weighted by atomic mass is 10.1. The molecule has 0 saturated carbocycles. The van der Waals surface area contributed by atoms with Gasteiger partial charge >= 0.3 is 0 Å². The highest BCUT2D eigenvalue weighted by Crippen LogP contribution is 2.14. The molecule has 1 fully saturated rings. The van der Waals surface area contributed by atoms with Gasteiger partial charge in [-0.2, -0.15) is 0 Å². The zero-order valence-electron chi connectivity index (χ0n) is 14.0. The molecule has 1 aromatic heterocycles. The second-order valence-corrected chi connectivity index (χ2v) is 6.13. The van der Waals surface area contributed by atoms with Crippen molar-refractivity contribution in [3.8, 4) is 0 Å². The van der Waals surface area contributed by atoms with Crippen LogP contribution >= 0.6 is 0 Å². The minimum Gasteiger partial charge on any atom is -0.375 e. The highest BCUT2D eigenvalue weighted by atomic mass is 19.1. The molecule has 3 rings (SSSR count). The summed E-state index contributed by atoms with van der Waals surface area (Å²) in [6.45, 7) is 3.05. The molecule has 1 aromatic carbocycles. The molecule has 5 nitrogen and oxygen atoms in total. The molecule has 0 aliphatic carbocycles. The summed E-state index contributed by atoms with van der Waals surface area (Å²) in [6, 6.07) is 10.0. The highest BCUT2D eigenvalue weighted by Gasteiger charge is 2.22. The van der Waals surface area contributed by atoms with E-state index in [0.717, 1.165) is 17.7 Å². The van der Waals surface area contributed by atoms with Crippen LogP contribution in [0.5, 0.6) is 0 Å². The largest absolute Gasteiger partial charge is 0.375 e. The summed E-state index contributed by atoms with van der Waals surface area (Å²) >= 11 is 0. The molecular formula is C19H22FN3O2. The molecule has 1 amide bonds. The van der Waals surface area contributed by atoms with Crippen molar-refractivity contribution in [2.75, 3.05) is 19.7 Å². The Balaban J connectivity index is 1.70. The van der Waals surface area contributed by atoms with Crippen molar-refractivity contribution in [3.63, 3.8) is 0 Å². The lowest BCUT2D eigenvalue weighted by molar-refractivity contribution is -0.136. The van der Waals surface area contributed by atoms with E-state index >= 15 is 0 Å². The Morgan fingerprint density at radius 2 is 1.84 bits per heavy atom. The first-order chi connectivity index (χ1) is 12.2. The molecule has 6 heteroatoms. The van der Waals surface area contributed by atoms with E-state index < -0.39 is 0 Å². The number of aromatic nitrogens is 1. The first-order valence-electron chi connectivity index (χ1n) is 8.44. The van der Waals surface area contributed by atoms with Crippen LogP contribution in [0.2, 0.25) is 0 Å². The van der Waals surface area contributed by atoms with Crippen LogP contribution in [0.4, 0.5) is 4.39 Å². The fourth-order valence-corrected chi connectivity index (χ4v) is 2.83. The topological polar surface area (TPSA) is 54.5 Å². The zero-order valence-corrected chi connectivity index (χ0v) is 14.0. The van der Waals surface area contributed by atoms with Crippen molar-refractivity contribution in [3.05, 3.63) is 65.7 Å². The number of hydrogen-bond donors (Lipinski definition) is 1. The van der Waals surface area contributed by atoms with Crippen molar-refractivity contribution in [2.45, 2.75) is 25.6 Å². The second kappa shape index (κ2) is 8.69. The molecule has 1 aliphatic heterocycles. The number of nitrogens with one attached hydrogen (secondary N) is 1. The average molecular weight is 343 g/mol. The summed E-state index contributed by atoms with van der Waals surface area (Å²) in [5.74, 6) is -0.257. The third-order valence-electron chi connectivity index (χ3n) is 4.17. The van der Waals surface area contributed by atoms with Gasteiger partial charge < -0.3 is 15.0 Å². The highest BCUT2D eigenvalue weighted by molar-refractivity contribution is 5.76. The summed E-state index contributed by atoms with van der Waals surface area (Å²) < 4.78 is 18.8. The normalized spacial score (nSPS) is 17.2. The predicted octanol–water partition coefficient (Wildman–Crippen LogP) is 2.13. The summed E-state index contributed by atoms with van der Waals surface area (Å²) in [4.78, 5) is 18.6. The summed E-state index contributed by atoms with van der Waals surface area (Å²) in [7, 11) is 0. The second-order valence-electron chi connectivity index (χ2n) is 6.13. The van der Waals surface area contributed by atoms with E-state index in [-0.39, 0.29) is 17.8 Å². The van der Waals surface area contributed by atoms with Gasteiger partial charge in [0.2, 0.25) is 5.91 Å². The predicted molar refractivity (Wildman–Crippen MR) is 92.1 cm³/mol. The van der Waals surface area contributed by atoms with Crippen molar-refractivity contribution < 1.29 is 13.9 Å². The molecule has 0 radical (unpaired) electrons. The Labute approximate surface area is 146 Å². The van der Waals surface area contributed by atoms with Crippen molar-refractivity contribution in [2.24, 2.45) is 0 Å². The molecule has 0 unspecified atom stereocenters. The van der Waals surface area contributed by atoms with Gasteiger partial charge in [-0.1, -0.05) is 12.1 Å². The van der Waals surface area contributed by atoms with Crippen LogP contribution in [0.15, 0.2) is 48.8 Å². The summed E-state index contributed by atoms with van der Waals surface area (Å²) in [5, 5.41) is 3.24. The fraction of sp³-hybridized carbons (Fsp3) is 0.368. The maximum atomic E-state index is 13.1. The van der Waals surface area contributed by atoms with Crippen molar-refractivity contribution >= 4 is 5.91 Å². The van der Waals surface area contributed by atoms with E-state index in [1.54, 1.807) is 29.4 Å². The van der Waals surface area contributed by atoms with Gasteiger partial charge in [0.25, 0.3) is 0 Å². The van der Waals surface area contributed by atoms with Crippen LogP contribution in [0.25, 0.3) is 0 Å². The third-order valence-corrected chi connectivity index (χ3v) is 4.17. The lowest BCUT2D eigenvalue weighted by Crippen LogP contribution is -2.42. The number of benzene rings is 1. The number of ether oxygens (including phenoxy) is 1. The minimum atomic E-state index is -0.280. The van der Waals surface area contributed by atoms with E-state index in [1.807, 2.05) is 12.1 Å². The van der Waals surface area contributed by atoms with Gasteiger partial charge in [0.05, 0.1) is 19.1 Å². The number of hydrogen-bond acceptors (Lipinski definition) is 4. The van der Waals surface area contributed by atoms with E-state index in [2.05, 4.69) is 10.3 Å². The number of carbonyl (C=O) groups is 1. The molecule has 0 bridgehead atoms.